The summed E-state index contributed by atoms with van der Waals surface area (Å²) in [6.07, 6.45) is 0.886. The van der Waals surface area contributed by atoms with Crippen LogP contribution < -0.4 is 4.90 Å². The van der Waals surface area contributed by atoms with Gasteiger partial charge in [-0.3, -0.25) is 4.79 Å². The van der Waals surface area contributed by atoms with Crippen molar-refractivity contribution >= 4 is 11.6 Å². The van der Waals surface area contributed by atoms with Crippen molar-refractivity contribution in [3.05, 3.63) is 30.1 Å². The lowest BCUT2D eigenvalue weighted by atomic mass is 10.1. The van der Waals surface area contributed by atoms with E-state index in [1.165, 1.54) is 12.1 Å². The molecule has 1 aliphatic rings. The number of rotatable bonds is 3. The van der Waals surface area contributed by atoms with E-state index >= 15 is 0 Å². The number of piperazine rings is 1. The number of carbonyl (C=O) groups excluding carboxylic acids is 1. The Morgan fingerprint density at radius 2 is 1.79 bits per heavy atom. The molecule has 2 rings (SSSR count). The van der Waals surface area contributed by atoms with Crippen LogP contribution in [0.3, 0.4) is 0 Å². The van der Waals surface area contributed by atoms with Gasteiger partial charge in [0.05, 0.1) is 0 Å². The average molecular weight is 264 g/mol. The van der Waals surface area contributed by atoms with Crippen LogP contribution in [-0.2, 0) is 4.79 Å². The van der Waals surface area contributed by atoms with Crippen LogP contribution in [-0.4, -0.2) is 37.0 Å². The molecule has 1 fully saturated rings. The van der Waals surface area contributed by atoms with Crippen molar-refractivity contribution in [1.29, 1.82) is 0 Å². The third-order valence-corrected chi connectivity index (χ3v) is 3.82. The van der Waals surface area contributed by atoms with E-state index in [0.717, 1.165) is 38.3 Å². The molecule has 4 heteroatoms. The Morgan fingerprint density at radius 3 is 2.32 bits per heavy atom. The van der Waals surface area contributed by atoms with Gasteiger partial charge in [0.2, 0.25) is 5.91 Å². The third kappa shape index (κ3) is 3.25. The molecule has 0 radical (unpaired) electrons. The van der Waals surface area contributed by atoms with Crippen LogP contribution in [0, 0.1) is 11.7 Å². The summed E-state index contributed by atoms with van der Waals surface area (Å²) in [7, 11) is 0. The molecular formula is C15H21FN2O. The fourth-order valence-corrected chi connectivity index (χ4v) is 2.32. The summed E-state index contributed by atoms with van der Waals surface area (Å²) < 4.78 is 12.9. The molecule has 1 amide bonds. The minimum Gasteiger partial charge on any atom is -0.368 e. The van der Waals surface area contributed by atoms with E-state index in [9.17, 15) is 9.18 Å². The maximum Gasteiger partial charge on any atom is 0.225 e. The molecule has 1 aliphatic heterocycles. The number of hydrogen-bond donors (Lipinski definition) is 0. The van der Waals surface area contributed by atoms with Crippen molar-refractivity contribution < 1.29 is 9.18 Å². The van der Waals surface area contributed by atoms with Crippen molar-refractivity contribution in [2.24, 2.45) is 5.92 Å². The van der Waals surface area contributed by atoms with Crippen molar-refractivity contribution in [1.82, 2.24) is 4.90 Å². The maximum atomic E-state index is 12.9. The predicted octanol–water partition coefficient (Wildman–Crippen LogP) is 2.52. The van der Waals surface area contributed by atoms with Gasteiger partial charge in [0.15, 0.2) is 0 Å². The van der Waals surface area contributed by atoms with Gasteiger partial charge in [0.25, 0.3) is 0 Å². The lowest BCUT2D eigenvalue weighted by Crippen LogP contribution is -2.50. The second kappa shape index (κ2) is 6.04. The average Bonchev–Trinajstić information content (AvgIpc) is 2.46. The number of halogens is 1. The molecule has 1 unspecified atom stereocenters. The lowest BCUT2D eigenvalue weighted by molar-refractivity contribution is -0.135. The number of amides is 1. The Morgan fingerprint density at radius 1 is 1.21 bits per heavy atom. The van der Waals surface area contributed by atoms with Crippen LogP contribution in [0.4, 0.5) is 10.1 Å². The number of carbonyl (C=O) groups is 1. The molecular weight excluding hydrogens is 243 g/mol. The molecule has 3 nitrogen and oxygen atoms in total. The Labute approximate surface area is 114 Å². The standard InChI is InChI=1S/C15H21FN2O/c1-3-12(2)15(19)18-10-8-17(9-11-18)14-6-4-13(16)5-7-14/h4-7,12H,3,8-11H2,1-2H3. The van der Waals surface area contributed by atoms with Gasteiger partial charge in [-0.2, -0.15) is 0 Å². The van der Waals surface area contributed by atoms with Crippen molar-refractivity contribution in [2.45, 2.75) is 20.3 Å². The van der Waals surface area contributed by atoms with E-state index in [0.29, 0.717) is 0 Å². The van der Waals surface area contributed by atoms with Crippen LogP contribution in [0.15, 0.2) is 24.3 Å². The van der Waals surface area contributed by atoms with Crippen LogP contribution in [0.5, 0.6) is 0 Å². The van der Waals surface area contributed by atoms with E-state index in [1.807, 2.05) is 18.7 Å². The fraction of sp³-hybridized carbons (Fsp3) is 0.533. The molecule has 19 heavy (non-hydrogen) atoms. The van der Waals surface area contributed by atoms with Gasteiger partial charge < -0.3 is 9.80 Å². The maximum absolute atomic E-state index is 12.9. The molecule has 0 N–H and O–H groups in total. The van der Waals surface area contributed by atoms with Crippen LogP contribution in [0.2, 0.25) is 0 Å². The zero-order valence-electron chi connectivity index (χ0n) is 11.6. The first kappa shape index (κ1) is 13.8. The number of anilines is 1. The van der Waals surface area contributed by atoms with Crippen LogP contribution in [0.25, 0.3) is 0 Å². The van der Waals surface area contributed by atoms with Crippen molar-refractivity contribution in [2.75, 3.05) is 31.1 Å². The molecule has 1 saturated heterocycles. The largest absolute Gasteiger partial charge is 0.368 e. The minimum absolute atomic E-state index is 0.109. The van der Waals surface area contributed by atoms with Gasteiger partial charge >= 0.3 is 0 Å². The Kier molecular flexibility index (Phi) is 4.40. The third-order valence-electron chi connectivity index (χ3n) is 3.82. The molecule has 1 aromatic carbocycles. The Balaban J connectivity index is 1.92. The summed E-state index contributed by atoms with van der Waals surface area (Å²) in [5.74, 6) is 0.146. The molecule has 0 aromatic heterocycles. The summed E-state index contributed by atoms with van der Waals surface area (Å²) in [5.41, 5.74) is 1.03. The molecule has 1 heterocycles. The highest BCUT2D eigenvalue weighted by atomic mass is 19.1. The van der Waals surface area contributed by atoms with Gasteiger partial charge in [-0.05, 0) is 30.7 Å². The SMILES string of the molecule is CCC(C)C(=O)N1CCN(c2ccc(F)cc2)CC1. The van der Waals surface area contributed by atoms with Gasteiger partial charge in [-0.1, -0.05) is 13.8 Å². The first-order valence-electron chi connectivity index (χ1n) is 6.91. The highest BCUT2D eigenvalue weighted by Gasteiger charge is 2.23. The van der Waals surface area contributed by atoms with Crippen LogP contribution in [0.1, 0.15) is 20.3 Å². The first-order valence-corrected chi connectivity index (χ1v) is 6.91. The fourth-order valence-electron chi connectivity index (χ4n) is 2.32. The summed E-state index contributed by atoms with van der Waals surface area (Å²) in [5, 5.41) is 0. The van der Waals surface area contributed by atoms with Crippen molar-refractivity contribution in [3.63, 3.8) is 0 Å². The highest BCUT2D eigenvalue weighted by Crippen LogP contribution is 2.18. The molecule has 0 spiro atoms. The quantitative estimate of drug-likeness (QED) is 0.837. The number of nitrogens with zero attached hydrogens (tertiary/aromatic N) is 2. The second-order valence-corrected chi connectivity index (χ2v) is 5.10. The zero-order chi connectivity index (χ0) is 13.8. The van der Waals surface area contributed by atoms with E-state index in [4.69, 9.17) is 0 Å². The van der Waals surface area contributed by atoms with E-state index in [1.54, 1.807) is 12.1 Å². The van der Waals surface area contributed by atoms with Gasteiger partial charge in [-0.15, -0.1) is 0 Å². The number of benzene rings is 1. The summed E-state index contributed by atoms with van der Waals surface area (Å²) in [6.45, 7) is 7.15. The topological polar surface area (TPSA) is 23.6 Å². The molecule has 0 saturated carbocycles. The van der Waals surface area contributed by atoms with Gasteiger partial charge in [-0.25, -0.2) is 4.39 Å². The predicted molar refractivity (Wildman–Crippen MR) is 74.6 cm³/mol. The zero-order valence-corrected chi connectivity index (χ0v) is 11.6. The van der Waals surface area contributed by atoms with Crippen LogP contribution >= 0.6 is 0 Å². The Hall–Kier alpha value is -1.58. The first-order chi connectivity index (χ1) is 9.11. The molecule has 1 atom stereocenters. The molecule has 1 aromatic rings. The Bertz CT molecular complexity index is 424. The van der Waals surface area contributed by atoms with E-state index < -0.39 is 0 Å². The van der Waals surface area contributed by atoms with E-state index in [-0.39, 0.29) is 17.6 Å². The van der Waals surface area contributed by atoms with E-state index in [2.05, 4.69) is 4.90 Å². The number of hydrogen-bond acceptors (Lipinski definition) is 2. The molecule has 0 aliphatic carbocycles. The molecule has 0 bridgehead atoms. The second-order valence-electron chi connectivity index (χ2n) is 5.10. The van der Waals surface area contributed by atoms with Gasteiger partial charge in [0, 0.05) is 37.8 Å². The lowest BCUT2D eigenvalue weighted by Gasteiger charge is -2.37. The smallest absolute Gasteiger partial charge is 0.225 e. The minimum atomic E-state index is -0.214. The highest BCUT2D eigenvalue weighted by molar-refractivity contribution is 5.78. The summed E-state index contributed by atoms with van der Waals surface area (Å²) >= 11 is 0. The summed E-state index contributed by atoms with van der Waals surface area (Å²) in [4.78, 5) is 16.2. The summed E-state index contributed by atoms with van der Waals surface area (Å²) in [6, 6.07) is 6.54. The van der Waals surface area contributed by atoms with Gasteiger partial charge in [0.1, 0.15) is 5.82 Å². The van der Waals surface area contributed by atoms with Crippen molar-refractivity contribution in [3.8, 4) is 0 Å². The molecule has 104 valence electrons. The monoisotopic (exact) mass is 264 g/mol. The normalized spacial score (nSPS) is 17.4.